The summed E-state index contributed by atoms with van der Waals surface area (Å²) in [7, 11) is 0. The number of ketones is 1. The Hall–Kier alpha value is -4.92. The molecule has 54 heavy (non-hydrogen) atoms. The first-order chi connectivity index (χ1) is 25.5. The van der Waals surface area contributed by atoms with Gasteiger partial charge in [-0.3, -0.25) is 24.1 Å². The minimum Gasteiger partial charge on any atom is -0.504 e. The molecule has 5 heterocycles. The maximum Gasteiger partial charge on any atom is 0.352 e. The molecular formula is C33H36ClN6O12S2+. The number of piperazine rings is 1. The van der Waals surface area contributed by atoms with Crippen LogP contribution >= 0.6 is 34.7 Å². The number of nitrogen functional groups attached to an aromatic ring is 1. The van der Waals surface area contributed by atoms with Gasteiger partial charge in [-0.05, 0) is 19.1 Å². The van der Waals surface area contributed by atoms with Crippen molar-refractivity contribution in [2.75, 3.05) is 38.5 Å². The van der Waals surface area contributed by atoms with E-state index in [2.05, 4.69) is 10.1 Å². The molecule has 18 nitrogen and oxygen atoms in total. The van der Waals surface area contributed by atoms with Gasteiger partial charge >= 0.3 is 17.9 Å². The van der Waals surface area contributed by atoms with E-state index in [1.807, 2.05) is 6.92 Å². The summed E-state index contributed by atoms with van der Waals surface area (Å²) in [6.07, 6.45) is -1.70. The lowest BCUT2D eigenvalue weighted by Gasteiger charge is -2.53. The number of nitrogens with two attached hydrogens (primary N) is 1. The number of phenolic OH excluding ortho intramolecular Hbond substituents is 2. The zero-order valence-corrected chi connectivity index (χ0v) is 31.0. The number of aromatic nitrogens is 1. The number of carbonyl (C=O) groups excluding carboxylic acids is 3. The summed E-state index contributed by atoms with van der Waals surface area (Å²) in [4.78, 5) is 88.1. The average Bonchev–Trinajstić information content (AvgIpc) is 3.74. The van der Waals surface area contributed by atoms with E-state index in [1.54, 1.807) is 4.90 Å². The number of halogens is 1. The number of aromatic hydroxyl groups is 2. The molecule has 6 rings (SSSR count). The third kappa shape index (κ3) is 7.29. The Balaban J connectivity index is 1.20. The summed E-state index contributed by atoms with van der Waals surface area (Å²) in [5.41, 5.74) is 5.74. The number of anilines is 1. The van der Waals surface area contributed by atoms with Crippen molar-refractivity contribution in [1.82, 2.24) is 14.8 Å². The van der Waals surface area contributed by atoms with Crippen LogP contribution in [0.5, 0.6) is 11.5 Å². The number of aliphatic carboxylic acids is 3. The summed E-state index contributed by atoms with van der Waals surface area (Å²) in [5.74, 6) is -8.13. The van der Waals surface area contributed by atoms with Crippen molar-refractivity contribution >= 4 is 81.0 Å². The van der Waals surface area contributed by atoms with Crippen molar-refractivity contribution in [2.24, 2.45) is 11.1 Å². The van der Waals surface area contributed by atoms with E-state index in [0.717, 1.165) is 36.8 Å². The largest absolute Gasteiger partial charge is 0.504 e. The Labute approximate surface area is 320 Å². The predicted octanol–water partition coefficient (Wildman–Crippen LogP) is 1.79. The van der Waals surface area contributed by atoms with E-state index >= 15 is 0 Å². The number of hydrogen-bond donors (Lipinski definition) is 6. The standard InChI is InChI=1S/C33H35ClN6O12S2/c1-14-18(12-40-5-2-3-16(40)11-38(4-6-40)28(46)15-7-19(34)27(45)22(42)8-15)26(32(50)51)39-29(47)17(30(39)54-14)9-21(41)25(20-13-53-33(35)36-20)37-52-23(31(48)49)10-24(43)44/h7-8,13-14,16-17,23,30H,2-6,9-12H2,1H3,(H6-,35,36,37,41,42,43,44,45,46,48,49,50,51)/p+1/t14-,16-,17+,23-,30+,40+/m0/s1. The van der Waals surface area contributed by atoms with Crippen LogP contribution in [-0.2, 0) is 28.8 Å². The lowest BCUT2D eigenvalue weighted by atomic mass is 9.88. The molecule has 1 aromatic carbocycles. The van der Waals surface area contributed by atoms with E-state index < -0.39 is 77.0 Å². The number of hydrogen-bond acceptors (Lipinski definition) is 14. The molecule has 0 radical (unpaired) electrons. The summed E-state index contributed by atoms with van der Waals surface area (Å²) in [5, 5.41) is 52.6. The lowest BCUT2D eigenvalue weighted by Crippen LogP contribution is -2.66. The summed E-state index contributed by atoms with van der Waals surface area (Å²) in [6.45, 7) is 4.13. The first-order valence-corrected chi connectivity index (χ1v) is 19.0. The van der Waals surface area contributed by atoms with Gasteiger partial charge in [0, 0.05) is 41.0 Å². The van der Waals surface area contributed by atoms with Crippen LogP contribution in [-0.4, -0.2) is 142 Å². The molecule has 0 saturated carbocycles. The second-order valence-corrected chi connectivity index (χ2v) is 16.3. The first-order valence-electron chi connectivity index (χ1n) is 16.8. The molecular weight excluding hydrogens is 772 g/mol. The van der Waals surface area contributed by atoms with Crippen molar-refractivity contribution in [1.29, 1.82) is 0 Å². The molecule has 21 heteroatoms. The quantitative estimate of drug-likeness (QED) is 0.0554. The number of phenols is 2. The molecule has 4 aliphatic rings. The number of oxime groups is 1. The fourth-order valence-electron chi connectivity index (χ4n) is 7.59. The van der Waals surface area contributed by atoms with Gasteiger partial charge in [0.1, 0.15) is 24.0 Å². The van der Waals surface area contributed by atoms with Crippen LogP contribution in [0.3, 0.4) is 0 Å². The third-order valence-electron chi connectivity index (χ3n) is 10.3. The zero-order valence-electron chi connectivity index (χ0n) is 28.6. The number of quaternary nitrogens is 1. The molecule has 7 N–H and O–H groups in total. The summed E-state index contributed by atoms with van der Waals surface area (Å²) in [6, 6.07) is 2.42. The number of Topliss-reactive ketones (excluding diaryl/α,β-unsaturated/α-hetero) is 1. The minimum absolute atomic E-state index is 0.0327. The Morgan fingerprint density at radius 1 is 1.17 bits per heavy atom. The molecule has 2 amide bonds. The number of thiazole rings is 1. The van der Waals surface area contributed by atoms with Gasteiger partial charge in [0.05, 0.1) is 48.9 Å². The topological polar surface area (TPSA) is 271 Å². The van der Waals surface area contributed by atoms with Crippen LogP contribution in [0.25, 0.3) is 0 Å². The number of benzene rings is 1. The number of thioether (sulfide) groups is 1. The fraction of sp³-hybridized carbons (Fsp3) is 0.455. The Morgan fingerprint density at radius 3 is 2.54 bits per heavy atom. The van der Waals surface area contributed by atoms with Gasteiger partial charge < -0.3 is 45.5 Å². The normalized spacial score (nSPS) is 25.7. The van der Waals surface area contributed by atoms with Gasteiger partial charge in [-0.1, -0.05) is 16.8 Å². The van der Waals surface area contributed by atoms with Crippen molar-refractivity contribution in [2.45, 2.75) is 55.4 Å². The molecule has 4 aliphatic heterocycles. The van der Waals surface area contributed by atoms with Gasteiger partial charge in [-0.2, -0.15) is 0 Å². The van der Waals surface area contributed by atoms with Gasteiger partial charge in [0.15, 0.2) is 28.1 Å². The maximum atomic E-state index is 13.7. The maximum absolute atomic E-state index is 13.7. The molecule has 2 aromatic rings. The van der Waals surface area contributed by atoms with Crippen LogP contribution < -0.4 is 5.73 Å². The van der Waals surface area contributed by atoms with Crippen LogP contribution in [0.15, 0.2) is 33.9 Å². The van der Waals surface area contributed by atoms with E-state index in [9.17, 15) is 49.2 Å². The van der Waals surface area contributed by atoms with Crippen molar-refractivity contribution in [3.63, 3.8) is 0 Å². The van der Waals surface area contributed by atoms with Crippen molar-refractivity contribution in [3.05, 3.63) is 45.1 Å². The summed E-state index contributed by atoms with van der Waals surface area (Å²) < 4.78 is 0.521. The van der Waals surface area contributed by atoms with Crippen LogP contribution in [0, 0.1) is 5.92 Å². The molecule has 0 unspecified atom stereocenters. The molecule has 288 valence electrons. The number of amides is 2. The molecule has 1 aromatic heterocycles. The zero-order chi connectivity index (χ0) is 39.2. The molecule has 0 bridgehead atoms. The van der Waals surface area contributed by atoms with Gasteiger partial charge in [0.25, 0.3) is 5.91 Å². The van der Waals surface area contributed by atoms with Gasteiger partial charge in [-0.25, -0.2) is 14.6 Å². The van der Waals surface area contributed by atoms with Gasteiger partial charge in [0.2, 0.25) is 12.0 Å². The van der Waals surface area contributed by atoms with E-state index in [1.165, 1.54) is 28.1 Å². The lowest BCUT2D eigenvalue weighted by molar-refractivity contribution is -0.938. The SMILES string of the molecule is C[C@@H]1S[C@@H]2[C@H](CC(=O)/C(=N\O[C@@H](CC(=O)O)C(=O)O)c3csc(N)n3)C(=O)N2C(C(=O)O)=C1C[N@+]12CCC[C@H]1CN(C(=O)c1cc(O)c(O)c(Cl)c1)CC2. The highest BCUT2D eigenvalue weighted by atomic mass is 35.5. The highest BCUT2D eigenvalue weighted by Crippen LogP contribution is 2.49. The number of β-lactam (4-membered cyclic amide) rings is 1. The number of carboxylic acids is 3. The smallest absolute Gasteiger partial charge is 0.352 e. The highest BCUT2D eigenvalue weighted by Gasteiger charge is 2.57. The predicted molar refractivity (Wildman–Crippen MR) is 192 cm³/mol. The third-order valence-corrected chi connectivity index (χ3v) is 12.8. The van der Waals surface area contributed by atoms with Crippen LogP contribution in [0.1, 0.15) is 48.7 Å². The van der Waals surface area contributed by atoms with Crippen LogP contribution in [0.2, 0.25) is 5.02 Å². The molecule has 6 atom stereocenters. The molecule has 3 saturated heterocycles. The Bertz CT molecular complexity index is 1980. The van der Waals surface area contributed by atoms with E-state index in [0.29, 0.717) is 36.2 Å². The van der Waals surface area contributed by atoms with E-state index in [4.69, 9.17) is 27.3 Å². The van der Waals surface area contributed by atoms with E-state index in [-0.39, 0.29) is 44.3 Å². The average molecular weight is 808 g/mol. The number of carbonyl (C=O) groups is 6. The van der Waals surface area contributed by atoms with Crippen molar-refractivity contribution < 1.29 is 63.6 Å². The monoisotopic (exact) mass is 807 g/mol. The summed E-state index contributed by atoms with van der Waals surface area (Å²) >= 11 is 8.29. The second-order valence-electron chi connectivity index (χ2n) is 13.5. The van der Waals surface area contributed by atoms with Crippen molar-refractivity contribution in [3.8, 4) is 11.5 Å². The number of fused-ring (bicyclic) bond motifs is 2. The highest BCUT2D eigenvalue weighted by molar-refractivity contribution is 8.00. The first kappa shape index (κ1) is 38.8. The second kappa shape index (κ2) is 15.1. The Kier molecular flexibility index (Phi) is 10.8. The van der Waals surface area contributed by atoms with Gasteiger partial charge in [-0.15, -0.1) is 23.1 Å². The number of nitrogens with zero attached hydrogens (tertiary/aromatic N) is 5. The minimum atomic E-state index is -1.92. The number of carboxylic acid groups (broad SMARTS) is 3. The van der Waals surface area contributed by atoms with Crippen LogP contribution in [0.4, 0.5) is 5.13 Å². The Morgan fingerprint density at radius 2 is 1.91 bits per heavy atom. The number of rotatable bonds is 13. The molecule has 0 aliphatic carbocycles. The molecule has 3 fully saturated rings. The molecule has 0 spiro atoms. The fourth-order valence-corrected chi connectivity index (χ4v) is 9.85.